The third kappa shape index (κ3) is 2.37. The molecule has 1 aliphatic heterocycles. The number of carbonyl (C=O) groups is 2. The quantitative estimate of drug-likeness (QED) is 0.848. The van der Waals surface area contributed by atoms with Gasteiger partial charge in [0.15, 0.2) is 0 Å². The summed E-state index contributed by atoms with van der Waals surface area (Å²) in [6.07, 6.45) is 4.03. The van der Waals surface area contributed by atoms with Gasteiger partial charge in [-0.05, 0) is 38.0 Å². The van der Waals surface area contributed by atoms with E-state index in [1.807, 2.05) is 18.7 Å². The minimum Gasteiger partial charge on any atom is -0.340 e. The molecule has 1 saturated heterocycles. The molecule has 0 radical (unpaired) electrons. The Bertz CT molecular complexity index is 382. The summed E-state index contributed by atoms with van der Waals surface area (Å²) in [6.45, 7) is 8.48. The van der Waals surface area contributed by atoms with E-state index >= 15 is 0 Å². The highest BCUT2D eigenvalue weighted by Gasteiger charge is 2.47. The highest BCUT2D eigenvalue weighted by atomic mass is 16.2. The molecule has 4 heteroatoms. The zero-order valence-corrected chi connectivity index (χ0v) is 12.5. The van der Waals surface area contributed by atoms with Crippen molar-refractivity contribution in [2.45, 2.75) is 65.0 Å². The first-order valence-corrected chi connectivity index (χ1v) is 7.55. The van der Waals surface area contributed by atoms with Gasteiger partial charge in [-0.15, -0.1) is 0 Å². The molecule has 4 atom stereocenters. The van der Waals surface area contributed by atoms with Crippen molar-refractivity contribution in [3.05, 3.63) is 0 Å². The predicted molar refractivity (Wildman–Crippen MR) is 74.5 cm³/mol. The van der Waals surface area contributed by atoms with Crippen LogP contribution in [0.4, 0.5) is 0 Å². The van der Waals surface area contributed by atoms with Crippen LogP contribution in [0.1, 0.15) is 53.4 Å². The van der Waals surface area contributed by atoms with Gasteiger partial charge >= 0.3 is 0 Å². The van der Waals surface area contributed by atoms with Gasteiger partial charge in [0.05, 0.1) is 6.54 Å². The van der Waals surface area contributed by atoms with Crippen molar-refractivity contribution in [3.8, 4) is 0 Å². The van der Waals surface area contributed by atoms with E-state index in [1.54, 1.807) is 0 Å². The molecule has 2 rings (SSSR count). The maximum absolute atomic E-state index is 12.7. The molecule has 108 valence electrons. The van der Waals surface area contributed by atoms with Gasteiger partial charge < -0.3 is 10.2 Å². The summed E-state index contributed by atoms with van der Waals surface area (Å²) in [4.78, 5) is 26.4. The third-order valence-electron chi connectivity index (χ3n) is 5.28. The molecule has 1 heterocycles. The van der Waals surface area contributed by atoms with E-state index in [0.717, 1.165) is 12.8 Å². The fourth-order valence-corrected chi connectivity index (χ4v) is 3.69. The third-order valence-corrected chi connectivity index (χ3v) is 5.28. The van der Waals surface area contributed by atoms with E-state index in [9.17, 15) is 9.59 Å². The molecule has 0 aromatic heterocycles. The van der Waals surface area contributed by atoms with E-state index in [1.165, 1.54) is 6.42 Å². The first-order valence-electron chi connectivity index (χ1n) is 7.55. The Hall–Kier alpha value is -1.06. The lowest BCUT2D eigenvalue weighted by Crippen LogP contribution is -2.67. The Balaban J connectivity index is 2.20. The number of piperazine rings is 1. The highest BCUT2D eigenvalue weighted by Crippen LogP contribution is 2.38. The Morgan fingerprint density at radius 3 is 2.53 bits per heavy atom. The van der Waals surface area contributed by atoms with E-state index < -0.39 is 5.54 Å². The normalized spacial score (nSPS) is 39.6. The van der Waals surface area contributed by atoms with Crippen molar-refractivity contribution in [2.24, 2.45) is 11.8 Å². The fourth-order valence-electron chi connectivity index (χ4n) is 3.69. The molecule has 4 unspecified atom stereocenters. The largest absolute Gasteiger partial charge is 0.340 e. The van der Waals surface area contributed by atoms with E-state index in [2.05, 4.69) is 19.2 Å². The second kappa shape index (κ2) is 5.14. The van der Waals surface area contributed by atoms with Crippen molar-refractivity contribution in [3.63, 3.8) is 0 Å². The molecule has 2 aliphatic rings. The average molecular weight is 266 g/mol. The molecule has 2 amide bonds. The summed E-state index contributed by atoms with van der Waals surface area (Å²) in [7, 11) is 0. The van der Waals surface area contributed by atoms with E-state index in [-0.39, 0.29) is 24.4 Å². The Morgan fingerprint density at radius 2 is 2.00 bits per heavy atom. The van der Waals surface area contributed by atoms with E-state index in [0.29, 0.717) is 18.3 Å². The molecule has 0 spiro atoms. The summed E-state index contributed by atoms with van der Waals surface area (Å²) >= 11 is 0. The summed E-state index contributed by atoms with van der Waals surface area (Å²) < 4.78 is 0. The lowest BCUT2D eigenvalue weighted by Gasteiger charge is -2.43. The van der Waals surface area contributed by atoms with Crippen LogP contribution in [-0.2, 0) is 9.59 Å². The van der Waals surface area contributed by atoms with Gasteiger partial charge in [-0.2, -0.15) is 0 Å². The number of amides is 2. The Labute approximate surface area is 115 Å². The van der Waals surface area contributed by atoms with Crippen LogP contribution in [0, 0.1) is 11.8 Å². The zero-order chi connectivity index (χ0) is 14.2. The van der Waals surface area contributed by atoms with Gasteiger partial charge in [-0.1, -0.05) is 27.2 Å². The van der Waals surface area contributed by atoms with Crippen molar-refractivity contribution in [1.29, 1.82) is 0 Å². The SMILES string of the molecule is CCC1CCC(N2CC(=O)NC(C)(CC)C2=O)C1C. The lowest BCUT2D eigenvalue weighted by molar-refractivity contribution is -0.152. The van der Waals surface area contributed by atoms with Crippen molar-refractivity contribution in [2.75, 3.05) is 6.54 Å². The van der Waals surface area contributed by atoms with Crippen LogP contribution in [0.2, 0.25) is 0 Å². The van der Waals surface area contributed by atoms with Crippen LogP contribution in [-0.4, -0.2) is 34.8 Å². The molecule has 0 bridgehead atoms. The summed E-state index contributed by atoms with van der Waals surface area (Å²) in [5, 5.41) is 2.86. The fraction of sp³-hybridized carbons (Fsp3) is 0.867. The first kappa shape index (κ1) is 14.4. The molecule has 4 nitrogen and oxygen atoms in total. The Kier molecular flexibility index (Phi) is 3.88. The summed E-state index contributed by atoms with van der Waals surface area (Å²) in [5.41, 5.74) is -0.709. The Morgan fingerprint density at radius 1 is 1.32 bits per heavy atom. The molecule has 1 N–H and O–H groups in total. The van der Waals surface area contributed by atoms with E-state index in [4.69, 9.17) is 0 Å². The molecular weight excluding hydrogens is 240 g/mol. The highest BCUT2D eigenvalue weighted by molar-refractivity contribution is 5.97. The predicted octanol–water partition coefficient (Wildman–Crippen LogP) is 1.94. The second-order valence-electron chi connectivity index (χ2n) is 6.34. The zero-order valence-electron chi connectivity index (χ0n) is 12.5. The van der Waals surface area contributed by atoms with Gasteiger partial charge in [-0.3, -0.25) is 9.59 Å². The maximum Gasteiger partial charge on any atom is 0.248 e. The van der Waals surface area contributed by atoms with Crippen LogP contribution in [0.5, 0.6) is 0 Å². The standard InChI is InChI=1S/C15H26N2O2/c1-5-11-7-8-12(10(11)3)17-9-13(18)16-15(4,6-2)14(17)19/h10-12H,5-9H2,1-4H3,(H,16,18). The van der Waals surface area contributed by atoms with Crippen molar-refractivity contribution in [1.82, 2.24) is 10.2 Å². The minimum atomic E-state index is -0.709. The number of carbonyl (C=O) groups excluding carboxylic acids is 2. The number of rotatable bonds is 3. The van der Waals surface area contributed by atoms with Crippen molar-refractivity contribution < 1.29 is 9.59 Å². The minimum absolute atomic E-state index is 0.0175. The molecule has 1 saturated carbocycles. The summed E-state index contributed by atoms with van der Waals surface area (Å²) in [6, 6.07) is 0.245. The molecule has 2 fully saturated rings. The molecule has 1 aliphatic carbocycles. The monoisotopic (exact) mass is 266 g/mol. The number of nitrogens with zero attached hydrogens (tertiary/aromatic N) is 1. The van der Waals surface area contributed by atoms with Crippen LogP contribution >= 0.6 is 0 Å². The lowest BCUT2D eigenvalue weighted by atomic mass is 9.89. The van der Waals surface area contributed by atoms with Gasteiger partial charge in [0, 0.05) is 6.04 Å². The van der Waals surface area contributed by atoms with Crippen LogP contribution in [0.25, 0.3) is 0 Å². The van der Waals surface area contributed by atoms with Gasteiger partial charge in [-0.25, -0.2) is 0 Å². The van der Waals surface area contributed by atoms with Crippen molar-refractivity contribution >= 4 is 11.8 Å². The number of hydrogen-bond acceptors (Lipinski definition) is 2. The van der Waals surface area contributed by atoms with Gasteiger partial charge in [0.25, 0.3) is 0 Å². The molecule has 19 heavy (non-hydrogen) atoms. The van der Waals surface area contributed by atoms with Crippen LogP contribution < -0.4 is 5.32 Å². The average Bonchev–Trinajstić information content (AvgIpc) is 2.75. The van der Waals surface area contributed by atoms with Gasteiger partial charge in [0.2, 0.25) is 11.8 Å². The van der Waals surface area contributed by atoms with Crippen LogP contribution in [0.15, 0.2) is 0 Å². The maximum atomic E-state index is 12.7. The smallest absolute Gasteiger partial charge is 0.248 e. The second-order valence-corrected chi connectivity index (χ2v) is 6.34. The van der Waals surface area contributed by atoms with Crippen LogP contribution in [0.3, 0.4) is 0 Å². The van der Waals surface area contributed by atoms with Gasteiger partial charge in [0.1, 0.15) is 5.54 Å². The first-order chi connectivity index (χ1) is 8.92. The number of hydrogen-bond donors (Lipinski definition) is 1. The topological polar surface area (TPSA) is 49.4 Å². The molecule has 0 aromatic carbocycles. The molecule has 0 aromatic rings. The summed E-state index contributed by atoms with van der Waals surface area (Å²) in [5.74, 6) is 1.27. The number of nitrogens with one attached hydrogen (secondary N) is 1. The molecular formula is C15H26N2O2.